The van der Waals surface area contributed by atoms with E-state index >= 15 is 0 Å². The van der Waals surface area contributed by atoms with E-state index < -0.39 is 27.0 Å². The van der Waals surface area contributed by atoms with Gasteiger partial charge in [-0.2, -0.15) is 0 Å². The first-order valence-electron chi connectivity index (χ1n) is 10.7. The van der Waals surface area contributed by atoms with Gasteiger partial charge in [-0.15, -0.1) is 0 Å². The molecule has 0 bridgehead atoms. The third kappa shape index (κ3) is 4.23. The quantitative estimate of drug-likeness (QED) is 0.248. The third-order valence-corrected chi connectivity index (χ3v) is 7.03. The van der Waals surface area contributed by atoms with Crippen molar-refractivity contribution in [3.8, 4) is 39.7 Å². The Morgan fingerprint density at radius 3 is 2.06 bits per heavy atom. The van der Waals surface area contributed by atoms with Gasteiger partial charge in [-0.1, -0.05) is 42.5 Å². The second-order valence-corrected chi connectivity index (χ2v) is 9.70. The molecule has 1 heterocycles. The minimum Gasteiger partial charge on any atom is -0.504 e. The molecule has 180 valence electrons. The SMILES string of the molecule is O=c1c(O)c(-c2ccc(O)c(O)c2)oc2ccc(NS(=O)(=O)c3ccc(-c4ccccc4)cc3)cc12. The highest BCUT2D eigenvalue weighted by Crippen LogP contribution is 2.35. The van der Waals surface area contributed by atoms with Crippen LogP contribution in [0.5, 0.6) is 17.2 Å². The van der Waals surface area contributed by atoms with Gasteiger partial charge in [0.15, 0.2) is 17.3 Å². The zero-order valence-corrected chi connectivity index (χ0v) is 19.4. The Morgan fingerprint density at radius 1 is 0.694 bits per heavy atom. The van der Waals surface area contributed by atoms with Gasteiger partial charge in [0.25, 0.3) is 10.0 Å². The highest BCUT2D eigenvalue weighted by Gasteiger charge is 2.19. The van der Waals surface area contributed by atoms with Crippen LogP contribution in [-0.4, -0.2) is 23.7 Å². The standard InChI is InChI=1S/C27H19NO7S/c29-22-12-8-18(14-23(22)30)27-26(32)25(31)21-15-19(9-13-24(21)35-27)28-36(33,34)20-10-6-17(7-11-20)16-4-2-1-3-5-16/h1-15,28-30,32H. The van der Waals surface area contributed by atoms with Gasteiger partial charge in [0.1, 0.15) is 5.58 Å². The van der Waals surface area contributed by atoms with Crippen molar-refractivity contribution in [1.82, 2.24) is 0 Å². The number of hydrogen-bond acceptors (Lipinski definition) is 7. The van der Waals surface area contributed by atoms with Crippen LogP contribution in [0, 0.1) is 0 Å². The molecule has 4 N–H and O–H groups in total. The number of fused-ring (bicyclic) bond motifs is 1. The van der Waals surface area contributed by atoms with Crippen molar-refractivity contribution in [3.63, 3.8) is 0 Å². The number of nitrogens with one attached hydrogen (secondary N) is 1. The molecule has 0 aliphatic rings. The number of phenols is 2. The lowest BCUT2D eigenvalue weighted by Gasteiger charge is -2.11. The van der Waals surface area contributed by atoms with Gasteiger partial charge >= 0.3 is 0 Å². The number of anilines is 1. The maximum absolute atomic E-state index is 12.9. The van der Waals surface area contributed by atoms with E-state index in [0.717, 1.165) is 17.2 Å². The van der Waals surface area contributed by atoms with Gasteiger partial charge in [-0.25, -0.2) is 8.42 Å². The molecule has 0 aliphatic heterocycles. The minimum absolute atomic E-state index is 0.0413. The largest absolute Gasteiger partial charge is 0.504 e. The average Bonchev–Trinajstić information content (AvgIpc) is 2.88. The van der Waals surface area contributed by atoms with Crippen molar-refractivity contribution in [3.05, 3.63) is 101 Å². The fourth-order valence-electron chi connectivity index (χ4n) is 3.78. The Bertz CT molecular complexity index is 1760. The first-order valence-corrected chi connectivity index (χ1v) is 12.2. The van der Waals surface area contributed by atoms with Crippen molar-refractivity contribution >= 4 is 26.7 Å². The Kier molecular flexibility index (Phi) is 5.62. The zero-order valence-electron chi connectivity index (χ0n) is 18.5. The predicted octanol–water partition coefficient (Wildman–Crippen LogP) is 5.04. The van der Waals surface area contributed by atoms with Crippen molar-refractivity contribution in [2.24, 2.45) is 0 Å². The minimum atomic E-state index is -3.96. The topological polar surface area (TPSA) is 137 Å². The molecule has 0 amide bonds. The van der Waals surface area contributed by atoms with Crippen LogP contribution >= 0.6 is 0 Å². The van der Waals surface area contributed by atoms with Crippen molar-refractivity contribution in [2.75, 3.05) is 4.72 Å². The third-order valence-electron chi connectivity index (χ3n) is 5.63. The summed E-state index contributed by atoms with van der Waals surface area (Å²) in [4.78, 5) is 12.9. The molecule has 0 saturated carbocycles. The van der Waals surface area contributed by atoms with E-state index in [1.807, 2.05) is 30.3 Å². The van der Waals surface area contributed by atoms with E-state index in [2.05, 4.69) is 4.72 Å². The maximum atomic E-state index is 12.9. The molecular weight excluding hydrogens is 482 g/mol. The Balaban J connectivity index is 1.47. The number of aromatic hydroxyl groups is 3. The summed E-state index contributed by atoms with van der Waals surface area (Å²) < 4.78 is 34.0. The molecule has 36 heavy (non-hydrogen) atoms. The molecule has 5 aromatic rings. The van der Waals surface area contributed by atoms with Crippen LogP contribution in [0.3, 0.4) is 0 Å². The molecule has 0 saturated heterocycles. The van der Waals surface area contributed by atoms with Gasteiger partial charge in [-0.3, -0.25) is 9.52 Å². The number of phenolic OH excluding ortho intramolecular Hbond substituents is 2. The van der Waals surface area contributed by atoms with Crippen LogP contribution in [0.4, 0.5) is 5.69 Å². The van der Waals surface area contributed by atoms with Crippen LogP contribution < -0.4 is 10.2 Å². The second kappa shape index (κ2) is 8.79. The summed E-state index contributed by atoms with van der Waals surface area (Å²) in [5.74, 6) is -1.73. The molecule has 0 unspecified atom stereocenters. The monoisotopic (exact) mass is 501 g/mol. The summed E-state index contributed by atoms with van der Waals surface area (Å²) in [6.07, 6.45) is 0. The molecule has 8 nitrogen and oxygen atoms in total. The Hall–Kier alpha value is -4.76. The molecule has 9 heteroatoms. The second-order valence-electron chi connectivity index (χ2n) is 8.02. The van der Waals surface area contributed by atoms with E-state index in [1.54, 1.807) is 12.1 Å². The molecule has 5 rings (SSSR count). The van der Waals surface area contributed by atoms with Crippen LogP contribution in [-0.2, 0) is 10.0 Å². The molecule has 4 aromatic carbocycles. The van der Waals surface area contributed by atoms with Crippen molar-refractivity contribution in [2.45, 2.75) is 4.90 Å². The lowest BCUT2D eigenvalue weighted by Crippen LogP contribution is -2.13. The summed E-state index contributed by atoms with van der Waals surface area (Å²) in [6.45, 7) is 0. The first-order chi connectivity index (χ1) is 17.2. The molecule has 0 spiro atoms. The molecule has 0 aliphatic carbocycles. The summed E-state index contributed by atoms with van der Waals surface area (Å²) in [5, 5.41) is 29.6. The zero-order chi connectivity index (χ0) is 25.4. The van der Waals surface area contributed by atoms with E-state index in [-0.39, 0.29) is 38.6 Å². The smallest absolute Gasteiger partial charge is 0.261 e. The first kappa shape index (κ1) is 23.0. The van der Waals surface area contributed by atoms with E-state index in [9.17, 15) is 28.5 Å². The normalized spacial score (nSPS) is 11.4. The summed E-state index contributed by atoms with van der Waals surface area (Å²) >= 11 is 0. The van der Waals surface area contributed by atoms with E-state index in [4.69, 9.17) is 4.42 Å². The Labute approximate surface area is 205 Å². The predicted molar refractivity (Wildman–Crippen MR) is 136 cm³/mol. The lowest BCUT2D eigenvalue weighted by molar-refractivity contribution is 0.403. The molecule has 0 radical (unpaired) electrons. The highest BCUT2D eigenvalue weighted by molar-refractivity contribution is 7.92. The molecule has 0 atom stereocenters. The average molecular weight is 502 g/mol. The Morgan fingerprint density at radius 2 is 1.36 bits per heavy atom. The molecule has 0 fully saturated rings. The van der Waals surface area contributed by atoms with Gasteiger partial charge in [-0.05, 0) is 59.7 Å². The van der Waals surface area contributed by atoms with Crippen LogP contribution in [0.25, 0.3) is 33.4 Å². The molecule has 1 aromatic heterocycles. The van der Waals surface area contributed by atoms with Gasteiger partial charge in [0, 0.05) is 11.3 Å². The van der Waals surface area contributed by atoms with E-state index in [1.165, 1.54) is 42.5 Å². The number of rotatable bonds is 5. The number of sulfonamides is 1. The number of benzene rings is 4. The van der Waals surface area contributed by atoms with E-state index in [0.29, 0.717) is 0 Å². The van der Waals surface area contributed by atoms with Crippen LogP contribution in [0.1, 0.15) is 0 Å². The molecular formula is C27H19NO7S. The lowest BCUT2D eigenvalue weighted by atomic mass is 10.1. The van der Waals surface area contributed by atoms with Crippen molar-refractivity contribution in [1.29, 1.82) is 0 Å². The fraction of sp³-hybridized carbons (Fsp3) is 0. The van der Waals surface area contributed by atoms with Crippen LogP contribution in [0.15, 0.2) is 105 Å². The summed E-state index contributed by atoms with van der Waals surface area (Å²) in [5.41, 5.74) is 1.41. The maximum Gasteiger partial charge on any atom is 0.261 e. The van der Waals surface area contributed by atoms with Crippen LogP contribution in [0.2, 0.25) is 0 Å². The van der Waals surface area contributed by atoms with Gasteiger partial charge in [0.05, 0.1) is 10.3 Å². The van der Waals surface area contributed by atoms with Crippen molar-refractivity contribution < 1.29 is 28.2 Å². The number of hydrogen-bond donors (Lipinski definition) is 4. The summed E-state index contributed by atoms with van der Waals surface area (Å²) in [7, 11) is -3.96. The van der Waals surface area contributed by atoms with Gasteiger partial charge < -0.3 is 19.7 Å². The van der Waals surface area contributed by atoms with Gasteiger partial charge in [0.2, 0.25) is 11.2 Å². The highest BCUT2D eigenvalue weighted by atomic mass is 32.2. The fourth-order valence-corrected chi connectivity index (χ4v) is 4.83. The summed E-state index contributed by atoms with van der Waals surface area (Å²) in [6, 6.07) is 23.7.